The third-order valence-corrected chi connectivity index (χ3v) is 3.69. The average Bonchev–Trinajstić information content (AvgIpc) is 2.87. The number of hydrogen-bond acceptors (Lipinski definition) is 3. The SMILES string of the molecule is Cn1cc(C(O)CNC(=O)Cc2ccc(Cl)c(Cl)c2)cn1. The summed E-state index contributed by atoms with van der Waals surface area (Å²) in [5.74, 6) is -0.198. The number of aryl methyl sites for hydroxylation is 1. The second-order valence-electron chi connectivity index (χ2n) is 4.69. The molecule has 1 heterocycles. The van der Waals surface area contributed by atoms with E-state index in [4.69, 9.17) is 23.2 Å². The van der Waals surface area contributed by atoms with Crippen LogP contribution in [0.5, 0.6) is 0 Å². The van der Waals surface area contributed by atoms with E-state index >= 15 is 0 Å². The fraction of sp³-hybridized carbons (Fsp3) is 0.286. The first kappa shape index (κ1) is 15.8. The van der Waals surface area contributed by atoms with E-state index in [9.17, 15) is 9.90 Å². The first-order valence-electron chi connectivity index (χ1n) is 6.33. The lowest BCUT2D eigenvalue weighted by Gasteiger charge is -2.10. The molecule has 1 atom stereocenters. The Morgan fingerprint density at radius 1 is 1.43 bits per heavy atom. The van der Waals surface area contributed by atoms with Gasteiger partial charge < -0.3 is 10.4 Å². The highest BCUT2D eigenvalue weighted by molar-refractivity contribution is 6.42. The Morgan fingerprint density at radius 2 is 2.19 bits per heavy atom. The van der Waals surface area contributed by atoms with Crippen molar-refractivity contribution in [1.29, 1.82) is 0 Å². The predicted octanol–water partition coefficient (Wildman–Crippen LogP) is 2.12. The molecular formula is C14H15Cl2N3O2. The molecule has 112 valence electrons. The smallest absolute Gasteiger partial charge is 0.224 e. The number of carbonyl (C=O) groups excluding carboxylic acids is 1. The fourth-order valence-electron chi connectivity index (χ4n) is 1.84. The number of aliphatic hydroxyl groups excluding tert-OH is 1. The second-order valence-corrected chi connectivity index (χ2v) is 5.51. The van der Waals surface area contributed by atoms with Crippen molar-refractivity contribution in [2.75, 3.05) is 6.54 Å². The minimum absolute atomic E-state index is 0.131. The van der Waals surface area contributed by atoms with Crippen LogP contribution in [-0.4, -0.2) is 27.3 Å². The molecule has 1 aromatic carbocycles. The van der Waals surface area contributed by atoms with Gasteiger partial charge in [0.25, 0.3) is 0 Å². The van der Waals surface area contributed by atoms with Gasteiger partial charge >= 0.3 is 0 Å². The van der Waals surface area contributed by atoms with Gasteiger partial charge in [0.05, 0.1) is 28.8 Å². The molecule has 0 aliphatic heterocycles. The molecule has 2 rings (SSSR count). The van der Waals surface area contributed by atoms with E-state index in [1.807, 2.05) is 0 Å². The number of rotatable bonds is 5. The summed E-state index contributed by atoms with van der Waals surface area (Å²) < 4.78 is 1.59. The Balaban J connectivity index is 1.85. The molecule has 0 radical (unpaired) electrons. The number of halogens is 2. The van der Waals surface area contributed by atoms with Gasteiger partial charge in [0, 0.05) is 25.4 Å². The summed E-state index contributed by atoms with van der Waals surface area (Å²) in [6.07, 6.45) is 2.67. The van der Waals surface area contributed by atoms with Gasteiger partial charge in [0.2, 0.25) is 5.91 Å². The molecule has 0 aliphatic carbocycles. The number of nitrogens with one attached hydrogen (secondary N) is 1. The van der Waals surface area contributed by atoms with Crippen LogP contribution in [0.3, 0.4) is 0 Å². The number of hydrogen-bond donors (Lipinski definition) is 2. The molecule has 2 aromatic rings. The number of aliphatic hydroxyl groups is 1. The van der Waals surface area contributed by atoms with Crippen LogP contribution in [0.1, 0.15) is 17.2 Å². The van der Waals surface area contributed by atoms with Crippen molar-refractivity contribution in [3.63, 3.8) is 0 Å². The van der Waals surface area contributed by atoms with Gasteiger partial charge in [-0.2, -0.15) is 5.10 Å². The van der Waals surface area contributed by atoms with Crippen LogP contribution < -0.4 is 5.32 Å². The summed E-state index contributed by atoms with van der Waals surface area (Å²) in [4.78, 5) is 11.8. The van der Waals surface area contributed by atoms with Gasteiger partial charge in [0.15, 0.2) is 0 Å². The van der Waals surface area contributed by atoms with Crippen LogP contribution in [0.4, 0.5) is 0 Å². The molecule has 0 aliphatic rings. The van der Waals surface area contributed by atoms with Crippen LogP contribution in [-0.2, 0) is 18.3 Å². The van der Waals surface area contributed by atoms with Crippen molar-refractivity contribution in [2.24, 2.45) is 7.05 Å². The predicted molar refractivity (Wildman–Crippen MR) is 81.3 cm³/mol. The minimum Gasteiger partial charge on any atom is -0.386 e. The monoisotopic (exact) mass is 327 g/mol. The van der Waals surface area contributed by atoms with Crippen LogP contribution in [0, 0.1) is 0 Å². The topological polar surface area (TPSA) is 67.2 Å². The Morgan fingerprint density at radius 3 is 2.81 bits per heavy atom. The summed E-state index contributed by atoms with van der Waals surface area (Å²) >= 11 is 11.7. The number of nitrogens with zero attached hydrogens (tertiary/aromatic N) is 2. The van der Waals surface area contributed by atoms with E-state index in [2.05, 4.69) is 10.4 Å². The first-order chi connectivity index (χ1) is 9.95. The van der Waals surface area contributed by atoms with Crippen molar-refractivity contribution >= 4 is 29.1 Å². The fourth-order valence-corrected chi connectivity index (χ4v) is 2.16. The number of aromatic nitrogens is 2. The molecular weight excluding hydrogens is 313 g/mol. The minimum atomic E-state index is -0.781. The average molecular weight is 328 g/mol. The molecule has 7 heteroatoms. The zero-order chi connectivity index (χ0) is 15.4. The summed E-state index contributed by atoms with van der Waals surface area (Å²) in [5.41, 5.74) is 1.42. The summed E-state index contributed by atoms with van der Waals surface area (Å²) in [6.45, 7) is 0.131. The van der Waals surface area contributed by atoms with Crippen LogP contribution in [0.2, 0.25) is 10.0 Å². The highest BCUT2D eigenvalue weighted by atomic mass is 35.5. The van der Waals surface area contributed by atoms with Gasteiger partial charge in [-0.25, -0.2) is 0 Å². The summed E-state index contributed by atoms with van der Waals surface area (Å²) in [7, 11) is 1.76. The molecule has 0 spiro atoms. The molecule has 1 unspecified atom stereocenters. The van der Waals surface area contributed by atoms with E-state index in [0.717, 1.165) is 5.56 Å². The van der Waals surface area contributed by atoms with Crippen molar-refractivity contribution in [3.8, 4) is 0 Å². The van der Waals surface area contributed by atoms with Crippen LogP contribution in [0.15, 0.2) is 30.6 Å². The molecule has 0 saturated carbocycles. The summed E-state index contributed by atoms with van der Waals surface area (Å²) in [5, 5.41) is 17.4. The van der Waals surface area contributed by atoms with Gasteiger partial charge in [-0.1, -0.05) is 29.3 Å². The zero-order valence-electron chi connectivity index (χ0n) is 11.4. The molecule has 1 amide bonds. The normalized spacial score (nSPS) is 12.2. The summed E-state index contributed by atoms with van der Waals surface area (Å²) in [6, 6.07) is 5.04. The third-order valence-electron chi connectivity index (χ3n) is 2.95. The quantitative estimate of drug-likeness (QED) is 0.883. The lowest BCUT2D eigenvalue weighted by atomic mass is 10.1. The van der Waals surface area contributed by atoms with Gasteiger partial charge in [-0.05, 0) is 17.7 Å². The number of carbonyl (C=O) groups is 1. The maximum Gasteiger partial charge on any atom is 0.224 e. The highest BCUT2D eigenvalue weighted by Crippen LogP contribution is 2.22. The first-order valence-corrected chi connectivity index (χ1v) is 7.08. The molecule has 1 aromatic heterocycles. The van der Waals surface area contributed by atoms with Gasteiger partial charge in [-0.3, -0.25) is 9.48 Å². The van der Waals surface area contributed by atoms with Crippen LogP contribution in [0.25, 0.3) is 0 Å². The lowest BCUT2D eigenvalue weighted by Crippen LogP contribution is -2.29. The third kappa shape index (κ3) is 4.46. The van der Waals surface area contributed by atoms with E-state index in [0.29, 0.717) is 15.6 Å². The molecule has 0 saturated heterocycles. The van der Waals surface area contributed by atoms with Gasteiger partial charge in [0.1, 0.15) is 0 Å². The van der Waals surface area contributed by atoms with E-state index < -0.39 is 6.10 Å². The van der Waals surface area contributed by atoms with Gasteiger partial charge in [-0.15, -0.1) is 0 Å². The Hall–Kier alpha value is -1.56. The number of benzene rings is 1. The number of amides is 1. The van der Waals surface area contributed by atoms with E-state index in [1.54, 1.807) is 42.3 Å². The molecule has 0 bridgehead atoms. The maximum absolute atomic E-state index is 11.8. The standard InChI is InChI=1S/C14H15Cl2N3O2/c1-19-8-10(6-18-19)13(20)7-17-14(21)5-9-2-3-11(15)12(16)4-9/h2-4,6,8,13,20H,5,7H2,1H3,(H,17,21). The molecule has 0 fully saturated rings. The largest absolute Gasteiger partial charge is 0.386 e. The molecule has 5 nitrogen and oxygen atoms in total. The Kier molecular flexibility index (Phi) is 5.22. The molecule has 2 N–H and O–H groups in total. The van der Waals surface area contributed by atoms with Crippen molar-refractivity contribution < 1.29 is 9.90 Å². The van der Waals surface area contributed by atoms with Crippen molar-refractivity contribution in [1.82, 2.24) is 15.1 Å². The highest BCUT2D eigenvalue weighted by Gasteiger charge is 2.12. The van der Waals surface area contributed by atoms with Crippen LogP contribution >= 0.6 is 23.2 Å². The Labute approximate surface area is 132 Å². The van der Waals surface area contributed by atoms with Crippen molar-refractivity contribution in [3.05, 3.63) is 51.8 Å². The van der Waals surface area contributed by atoms with E-state index in [1.165, 1.54) is 0 Å². The Bertz CT molecular complexity index is 643. The maximum atomic E-state index is 11.8. The zero-order valence-corrected chi connectivity index (χ0v) is 12.9. The van der Waals surface area contributed by atoms with E-state index in [-0.39, 0.29) is 18.9 Å². The lowest BCUT2D eigenvalue weighted by molar-refractivity contribution is -0.120. The molecule has 21 heavy (non-hydrogen) atoms. The second kappa shape index (κ2) is 6.93. The van der Waals surface area contributed by atoms with Crippen molar-refractivity contribution in [2.45, 2.75) is 12.5 Å².